The zero-order valence-corrected chi connectivity index (χ0v) is 77.4. The van der Waals surface area contributed by atoms with Gasteiger partial charge in [0.05, 0.1) is 99.4 Å². The van der Waals surface area contributed by atoms with Gasteiger partial charge in [-0.1, -0.05) is 120 Å². The summed E-state index contributed by atoms with van der Waals surface area (Å²) in [5, 5.41) is 24.4. The molecule has 15 atom stereocenters. The van der Waals surface area contributed by atoms with Gasteiger partial charge in [0.15, 0.2) is 0 Å². The van der Waals surface area contributed by atoms with E-state index in [0.717, 1.165) is 49.7 Å². The Balaban J connectivity index is 0.000000245. The summed E-state index contributed by atoms with van der Waals surface area (Å²) in [4.78, 5) is 117. The number of aryl methyl sites for hydroxylation is 3. The molecular weight excluding hydrogens is 1650 g/mol. The maximum atomic E-state index is 13.0. The van der Waals surface area contributed by atoms with Gasteiger partial charge in [0.25, 0.3) is 16.7 Å². The summed E-state index contributed by atoms with van der Waals surface area (Å²) in [6.07, 6.45) is 10.8. The van der Waals surface area contributed by atoms with Crippen molar-refractivity contribution < 1.29 is 57.0 Å². The third-order valence-electron chi connectivity index (χ3n) is 21.1. The van der Waals surface area contributed by atoms with Crippen LogP contribution in [-0.4, -0.2) is 188 Å². The standard InChI is InChI=1S/3C18H29N5O4.2C15H23N5O3/c1-11-9-22(16(25)23(15(11)24)17(2,3)4)14-8-12(20-21-19)13(27-14)10-26-18(5,6)7;1-11(2)7-23-17(24)13(5)8-22(18(23)25)16-6-14(20-21-19)15(27-16)10-26-9-12(3)4;1-4-6-8-22-17(24)13(3)11-23(18(22)25)16-10-14(20-21-19)15(27-16)12-26-9-7-5-2;1-9(2)7-22-8-13-12(18-19-16)5-14(23-13)20-6-10(3)11(4)17-15(20)21;1-4-5-6-22-9-13-12(18-19-16)7-14(23-13)20-8-10(2)11(3)17-15(20)21/h9,12-14H,8,10H2,1-7H3;8,11-12,14-16H,6-7,9-10H2,1-5H3;11,14-16H,4-10,12H2,1-3H3;6,9,12-14H,4-5,7-8H2,1-3H3,(H,17,21);8,12-14H,3-7,9H2,1-2H3,(H,17,21)/t12?,13-,14-;2*14?,15-,16-;2*12?,13-,14-/m11111/s1. The van der Waals surface area contributed by atoms with E-state index in [0.29, 0.717) is 131 Å². The third kappa shape index (κ3) is 30.7. The number of hydrogen-bond donors (Lipinski definition) is 2. The number of carbonyl (C=O) groups excluding carboxylic acids is 2. The SMILES string of the molecule is C=C1NC(=O)N([C@H]2CC(N=[N+]=[N-])[C@@H](COCC(C)C)O2)C=C1C.C=C1NC(=O)N([C@H]2CC(N=[N+]=[N-])[C@@H](COCCCC)O2)C=C1C.CCCCOC[C@H]1O[C@@H](n2cc(C)c(=O)n(CCCC)c2=O)CC1N=[N+]=[N-].Cc1cn([C@H]2CC(N=[N+]=[N-])[C@@H](COC(C)(C)C)O2)c(=O)n(C(C)(C)C)c1=O.Cc1cn([C@H]2CC(N=[N+]=[N-])[C@@H](COCC(C)C)O2)c(=O)n(CC(C)C)c1=O. The molecule has 0 aliphatic carbocycles. The number of aromatic nitrogens is 6. The fourth-order valence-electron chi connectivity index (χ4n) is 14.3. The highest BCUT2D eigenvalue weighted by Crippen LogP contribution is 2.36. The van der Waals surface area contributed by atoms with Gasteiger partial charge in [-0.25, -0.2) is 24.0 Å². The van der Waals surface area contributed by atoms with E-state index in [4.69, 9.17) is 75.0 Å². The molecule has 10 rings (SSSR count). The Labute approximate surface area is 739 Å². The molecule has 4 amide bonds. The second kappa shape index (κ2) is 50.4. The van der Waals surface area contributed by atoms with Crippen LogP contribution in [0.15, 0.2) is 121 Å². The highest BCUT2D eigenvalue weighted by molar-refractivity contribution is 5.81. The first kappa shape index (κ1) is 105. The molecule has 0 bridgehead atoms. The average Bonchev–Trinajstić information content (AvgIpc) is 1.77. The van der Waals surface area contributed by atoms with Crippen LogP contribution in [-0.2, 0) is 66.0 Å². The zero-order valence-electron chi connectivity index (χ0n) is 77.4. The Bertz CT molecular complexity index is 4930. The Hall–Kier alpha value is -10.3. The summed E-state index contributed by atoms with van der Waals surface area (Å²) in [7, 11) is 0. The topological polar surface area (TPSA) is 533 Å². The number of allylic oxidation sites excluding steroid dienone is 2. The number of rotatable bonds is 35. The Morgan fingerprint density at radius 3 is 1.09 bits per heavy atom. The molecule has 7 aliphatic heterocycles. The van der Waals surface area contributed by atoms with Crippen LogP contribution in [0.2, 0.25) is 0 Å². The summed E-state index contributed by atoms with van der Waals surface area (Å²) < 4.78 is 66.0. The lowest BCUT2D eigenvalue weighted by Gasteiger charge is -2.30. The fourth-order valence-corrected chi connectivity index (χ4v) is 14.3. The molecule has 10 heterocycles. The lowest BCUT2D eigenvalue weighted by Crippen LogP contribution is -2.49. The van der Waals surface area contributed by atoms with Crippen LogP contribution in [0.3, 0.4) is 0 Å². The minimum atomic E-state index is -0.667. The van der Waals surface area contributed by atoms with Gasteiger partial charge < -0.3 is 58.0 Å². The van der Waals surface area contributed by atoms with Crippen LogP contribution < -0.4 is 44.4 Å². The second-order valence-corrected chi connectivity index (χ2v) is 35.5. The minimum Gasteiger partial charge on any atom is -0.379 e. The molecule has 2 N–H and O–H groups in total. The quantitative estimate of drug-likeness (QED) is 0.0239. The van der Waals surface area contributed by atoms with Crippen molar-refractivity contribution in [1.82, 2.24) is 47.8 Å². The van der Waals surface area contributed by atoms with E-state index >= 15 is 0 Å². The van der Waals surface area contributed by atoms with Crippen LogP contribution in [0.1, 0.15) is 224 Å². The Kier molecular flexibility index (Phi) is 41.9. The molecule has 5 saturated heterocycles. The summed E-state index contributed by atoms with van der Waals surface area (Å²) in [5.74, 6) is 0.947. The molecule has 127 heavy (non-hydrogen) atoms. The van der Waals surface area contributed by atoms with Crippen LogP contribution >= 0.6 is 0 Å². The molecule has 43 nitrogen and oxygen atoms in total. The summed E-state index contributed by atoms with van der Waals surface area (Å²) in [6.45, 7) is 50.5. The first-order valence-electron chi connectivity index (χ1n) is 43.5. The third-order valence-corrected chi connectivity index (χ3v) is 21.1. The van der Waals surface area contributed by atoms with Gasteiger partial charge in [-0.15, -0.1) is 0 Å². The number of nitrogens with one attached hydrogen (secondary N) is 2. The average molecular weight is 1780 g/mol. The predicted molar refractivity (Wildman–Crippen MR) is 476 cm³/mol. The van der Waals surface area contributed by atoms with Crippen molar-refractivity contribution in [3.8, 4) is 0 Å². The second-order valence-electron chi connectivity index (χ2n) is 35.5. The number of amides is 4. The molecule has 5 fully saturated rings. The summed E-state index contributed by atoms with van der Waals surface area (Å²) in [6, 6.07) is -2.59. The molecule has 3 aromatic rings. The smallest absolute Gasteiger partial charge is 0.333 e. The number of nitrogens with zero attached hydrogens (tertiary/aromatic N) is 23. The van der Waals surface area contributed by atoms with Gasteiger partial charge in [0, 0.05) is 161 Å². The summed E-state index contributed by atoms with van der Waals surface area (Å²) in [5.41, 5.74) is 45.1. The molecule has 0 spiro atoms. The number of hydrogen-bond acceptors (Lipinski definition) is 23. The number of ether oxygens (including phenoxy) is 10. The van der Waals surface area contributed by atoms with E-state index < -0.39 is 90.2 Å². The molecular formula is C84H133N25O18. The number of unbranched alkanes of at least 4 members (excludes halogenated alkanes) is 3. The van der Waals surface area contributed by atoms with E-state index in [9.17, 15) is 38.4 Å². The molecule has 5 unspecified atom stereocenters. The largest absolute Gasteiger partial charge is 0.379 e. The molecule has 0 saturated carbocycles. The molecule has 3 aromatic heterocycles. The minimum absolute atomic E-state index is 0.156. The number of carbonyl (C=O) groups is 2. The van der Waals surface area contributed by atoms with E-state index in [1.165, 1.54) is 55.8 Å². The lowest BCUT2D eigenvalue weighted by molar-refractivity contribution is -0.0859. The van der Waals surface area contributed by atoms with Gasteiger partial charge >= 0.3 is 29.1 Å². The first-order valence-corrected chi connectivity index (χ1v) is 43.5. The number of urea groups is 2. The van der Waals surface area contributed by atoms with Gasteiger partial charge in [-0.3, -0.25) is 51.6 Å². The molecule has 7 aliphatic rings. The highest BCUT2D eigenvalue weighted by Gasteiger charge is 2.44. The van der Waals surface area contributed by atoms with Crippen LogP contribution in [0.5, 0.6) is 0 Å². The van der Waals surface area contributed by atoms with Crippen LogP contribution in [0.4, 0.5) is 9.59 Å². The highest BCUT2D eigenvalue weighted by atomic mass is 16.6. The molecule has 702 valence electrons. The van der Waals surface area contributed by atoms with Crippen molar-refractivity contribution in [1.29, 1.82) is 0 Å². The fraction of sp³-hybridized carbons (Fsp3) is 0.738. The van der Waals surface area contributed by atoms with Crippen LogP contribution in [0, 0.1) is 38.5 Å². The van der Waals surface area contributed by atoms with Crippen molar-refractivity contribution in [2.75, 3.05) is 59.5 Å². The Morgan fingerprint density at radius 2 is 0.756 bits per heavy atom. The van der Waals surface area contributed by atoms with Crippen molar-refractivity contribution >= 4 is 12.1 Å². The maximum absolute atomic E-state index is 13.0. The van der Waals surface area contributed by atoms with Gasteiger partial charge in [0.2, 0.25) is 0 Å². The van der Waals surface area contributed by atoms with Crippen molar-refractivity contribution in [3.05, 3.63) is 198 Å². The van der Waals surface area contributed by atoms with Crippen molar-refractivity contribution in [3.63, 3.8) is 0 Å². The lowest BCUT2D eigenvalue weighted by atomic mass is 10.1. The van der Waals surface area contributed by atoms with Crippen LogP contribution in [0.25, 0.3) is 52.2 Å². The van der Waals surface area contributed by atoms with E-state index in [1.807, 2.05) is 69.2 Å². The molecule has 43 heteroatoms. The summed E-state index contributed by atoms with van der Waals surface area (Å²) >= 11 is 0. The van der Waals surface area contributed by atoms with Crippen molar-refractivity contribution in [2.24, 2.45) is 43.3 Å². The van der Waals surface area contributed by atoms with Gasteiger partial charge in [-0.2, -0.15) is 0 Å². The predicted octanol–water partition coefficient (Wildman–Crippen LogP) is 14.3. The zero-order chi connectivity index (χ0) is 94.3. The van der Waals surface area contributed by atoms with E-state index in [1.54, 1.807) is 53.9 Å². The first-order chi connectivity index (χ1) is 60.1. The normalized spacial score (nSPS) is 24.4. The van der Waals surface area contributed by atoms with E-state index in [-0.39, 0.29) is 77.8 Å². The van der Waals surface area contributed by atoms with E-state index in [2.05, 4.69) is 102 Å². The Morgan fingerprint density at radius 1 is 0.441 bits per heavy atom. The van der Waals surface area contributed by atoms with Crippen molar-refractivity contribution in [2.45, 2.75) is 325 Å². The molecule has 0 aromatic carbocycles. The van der Waals surface area contributed by atoms with Gasteiger partial charge in [-0.05, 0) is 152 Å². The van der Waals surface area contributed by atoms with Gasteiger partial charge in [0.1, 0.15) is 31.1 Å². The maximum Gasteiger partial charge on any atom is 0.333 e. The monoisotopic (exact) mass is 1780 g/mol. The molecule has 0 radical (unpaired) electrons. The number of azide groups is 5.